The highest BCUT2D eigenvalue weighted by molar-refractivity contribution is 5.94. The van der Waals surface area contributed by atoms with Crippen LogP contribution < -0.4 is 4.74 Å². The molecule has 0 aliphatic carbocycles. The van der Waals surface area contributed by atoms with Crippen LogP contribution in [0.3, 0.4) is 0 Å². The third-order valence-electron chi connectivity index (χ3n) is 3.82. The van der Waals surface area contributed by atoms with E-state index in [1.54, 1.807) is 7.11 Å². The van der Waals surface area contributed by atoms with Crippen molar-refractivity contribution in [3.05, 3.63) is 53.3 Å². The number of hydrogen-bond acceptors (Lipinski definition) is 2. The molecule has 0 fully saturated rings. The van der Waals surface area contributed by atoms with Crippen LogP contribution in [0.1, 0.15) is 40.9 Å². The van der Waals surface area contributed by atoms with Crippen molar-refractivity contribution in [2.45, 2.75) is 32.6 Å². The second kappa shape index (κ2) is 7.11. The molecule has 1 aromatic carbocycles. The topological polar surface area (TPSA) is 31.2 Å². The molecule has 0 N–H and O–H groups in total. The molecule has 0 atom stereocenters. The second-order valence-corrected chi connectivity index (χ2v) is 5.44. The van der Waals surface area contributed by atoms with Gasteiger partial charge in [-0.15, -0.1) is 0 Å². The van der Waals surface area contributed by atoms with Gasteiger partial charge in [-0.3, -0.25) is 4.79 Å². The number of rotatable bonds is 7. The number of carbonyl (C=O) groups is 1. The Morgan fingerprint density at radius 3 is 2.71 bits per heavy atom. The summed E-state index contributed by atoms with van der Waals surface area (Å²) in [4.78, 5) is 12.0. The molecule has 0 spiro atoms. The number of aromatic nitrogens is 1. The fraction of sp³-hybridized carbons (Fsp3) is 0.389. The Morgan fingerprint density at radius 1 is 1.24 bits per heavy atom. The molecule has 112 valence electrons. The summed E-state index contributed by atoms with van der Waals surface area (Å²) in [7, 11) is 3.61. The van der Waals surface area contributed by atoms with E-state index < -0.39 is 0 Å². The molecule has 0 aliphatic heterocycles. The van der Waals surface area contributed by atoms with Crippen LogP contribution in [0.15, 0.2) is 36.5 Å². The summed E-state index contributed by atoms with van der Waals surface area (Å²) < 4.78 is 7.22. The third kappa shape index (κ3) is 3.97. The molecule has 3 heteroatoms. The summed E-state index contributed by atoms with van der Waals surface area (Å²) in [6.45, 7) is 2.04. The monoisotopic (exact) mass is 285 g/mol. The van der Waals surface area contributed by atoms with Crippen LogP contribution in [0.2, 0.25) is 0 Å². The minimum atomic E-state index is 0.226. The highest BCUT2D eigenvalue weighted by Crippen LogP contribution is 2.20. The number of methoxy groups -OCH3 is 1. The average Bonchev–Trinajstić information content (AvgIpc) is 2.91. The van der Waals surface area contributed by atoms with Crippen molar-refractivity contribution in [2.24, 2.45) is 7.05 Å². The number of unbranched alkanes of at least 4 members (excludes halogenated alkanes) is 1. The molecular formula is C18H23NO2. The largest absolute Gasteiger partial charge is 0.496 e. The lowest BCUT2D eigenvalue weighted by molar-refractivity contribution is 0.0971. The highest BCUT2D eigenvalue weighted by Gasteiger charge is 2.08. The molecule has 0 radical (unpaired) electrons. The van der Waals surface area contributed by atoms with Gasteiger partial charge in [-0.25, -0.2) is 0 Å². The summed E-state index contributed by atoms with van der Waals surface area (Å²) in [6, 6.07) is 10.1. The Hall–Kier alpha value is -2.03. The summed E-state index contributed by atoms with van der Waals surface area (Å²) >= 11 is 0. The predicted octanol–water partition coefficient (Wildman–Crippen LogP) is 3.94. The Kier molecular flexibility index (Phi) is 5.20. The summed E-state index contributed by atoms with van der Waals surface area (Å²) in [5.74, 6) is 1.16. The van der Waals surface area contributed by atoms with E-state index >= 15 is 0 Å². The van der Waals surface area contributed by atoms with E-state index in [4.69, 9.17) is 4.74 Å². The zero-order valence-electron chi connectivity index (χ0n) is 13.1. The van der Waals surface area contributed by atoms with Crippen LogP contribution >= 0.6 is 0 Å². The van der Waals surface area contributed by atoms with Crippen molar-refractivity contribution in [1.82, 2.24) is 4.57 Å². The zero-order chi connectivity index (χ0) is 15.2. The van der Waals surface area contributed by atoms with E-state index in [1.165, 1.54) is 5.56 Å². The maximum absolute atomic E-state index is 12.0. The zero-order valence-corrected chi connectivity index (χ0v) is 13.1. The van der Waals surface area contributed by atoms with Crippen LogP contribution in [0.4, 0.5) is 0 Å². The second-order valence-electron chi connectivity index (χ2n) is 5.44. The first-order valence-corrected chi connectivity index (χ1v) is 7.40. The van der Waals surface area contributed by atoms with Gasteiger partial charge in [0.15, 0.2) is 5.78 Å². The lowest BCUT2D eigenvalue weighted by atomic mass is 10.0. The van der Waals surface area contributed by atoms with E-state index in [1.807, 2.05) is 36.9 Å². The van der Waals surface area contributed by atoms with Gasteiger partial charge in [0.1, 0.15) is 5.75 Å². The number of ether oxygens (including phenoxy) is 1. The number of Topliss-reactive ketones (excluding diaryl/α,β-unsaturated/α-hetero) is 1. The van der Waals surface area contributed by atoms with Gasteiger partial charge in [0.05, 0.1) is 12.8 Å². The van der Waals surface area contributed by atoms with E-state index in [9.17, 15) is 4.79 Å². The van der Waals surface area contributed by atoms with Crippen LogP contribution in [0, 0.1) is 6.92 Å². The first kappa shape index (κ1) is 15.4. The van der Waals surface area contributed by atoms with Crippen molar-refractivity contribution in [2.75, 3.05) is 7.11 Å². The van der Waals surface area contributed by atoms with Gasteiger partial charge < -0.3 is 9.30 Å². The average molecular weight is 285 g/mol. The Bertz CT molecular complexity index is 613. The number of carbonyl (C=O) groups excluding carboxylic acids is 1. The minimum absolute atomic E-state index is 0.226. The van der Waals surface area contributed by atoms with Crippen molar-refractivity contribution in [1.29, 1.82) is 0 Å². The van der Waals surface area contributed by atoms with E-state index in [2.05, 4.69) is 18.2 Å². The smallest absolute Gasteiger partial charge is 0.179 e. The fourth-order valence-corrected chi connectivity index (χ4v) is 2.51. The first-order chi connectivity index (χ1) is 10.1. The van der Waals surface area contributed by atoms with Gasteiger partial charge in [-0.1, -0.05) is 12.1 Å². The molecule has 0 amide bonds. The number of ketones is 1. The Morgan fingerprint density at radius 2 is 2.05 bits per heavy atom. The lowest BCUT2D eigenvalue weighted by Crippen LogP contribution is -2.05. The highest BCUT2D eigenvalue weighted by atomic mass is 16.5. The van der Waals surface area contributed by atoms with Crippen molar-refractivity contribution >= 4 is 5.78 Å². The Balaban J connectivity index is 1.80. The van der Waals surface area contributed by atoms with Crippen LogP contribution in [-0.2, 0) is 13.5 Å². The number of benzene rings is 1. The normalized spacial score (nSPS) is 10.6. The quantitative estimate of drug-likeness (QED) is 0.570. The van der Waals surface area contributed by atoms with E-state index in [0.717, 1.165) is 36.3 Å². The van der Waals surface area contributed by atoms with Gasteiger partial charge in [0.2, 0.25) is 0 Å². The molecule has 3 nitrogen and oxygen atoms in total. The van der Waals surface area contributed by atoms with Gasteiger partial charge in [-0.05, 0) is 55.5 Å². The van der Waals surface area contributed by atoms with Crippen molar-refractivity contribution in [3.8, 4) is 5.75 Å². The lowest BCUT2D eigenvalue weighted by Gasteiger charge is -2.07. The molecule has 0 saturated carbocycles. The standard InChI is InChI=1S/C18H23NO2/c1-14-10-11-15(13-18(14)21-3)7-4-5-9-17(20)16-8-6-12-19(16)2/h6,8,10-13H,4-5,7,9H2,1-3H3. The molecule has 1 aromatic heterocycles. The fourth-order valence-electron chi connectivity index (χ4n) is 2.51. The number of nitrogens with zero attached hydrogens (tertiary/aromatic N) is 1. The minimum Gasteiger partial charge on any atom is -0.496 e. The van der Waals surface area contributed by atoms with Crippen LogP contribution in [-0.4, -0.2) is 17.5 Å². The van der Waals surface area contributed by atoms with E-state index in [-0.39, 0.29) is 5.78 Å². The molecule has 0 bridgehead atoms. The number of hydrogen-bond donors (Lipinski definition) is 0. The molecule has 2 aromatic rings. The predicted molar refractivity (Wildman–Crippen MR) is 85.0 cm³/mol. The maximum Gasteiger partial charge on any atom is 0.179 e. The maximum atomic E-state index is 12.0. The number of aryl methyl sites for hydroxylation is 3. The Labute approximate surface area is 126 Å². The van der Waals surface area contributed by atoms with Crippen molar-refractivity contribution < 1.29 is 9.53 Å². The molecular weight excluding hydrogens is 262 g/mol. The molecule has 21 heavy (non-hydrogen) atoms. The van der Waals surface area contributed by atoms with Crippen LogP contribution in [0.5, 0.6) is 5.75 Å². The molecule has 0 aliphatic rings. The molecule has 1 heterocycles. The van der Waals surface area contributed by atoms with Crippen molar-refractivity contribution in [3.63, 3.8) is 0 Å². The molecule has 0 saturated heterocycles. The van der Waals surface area contributed by atoms with E-state index in [0.29, 0.717) is 6.42 Å². The molecule has 0 unspecified atom stereocenters. The summed E-state index contributed by atoms with van der Waals surface area (Å²) in [5.41, 5.74) is 3.22. The van der Waals surface area contributed by atoms with Gasteiger partial charge in [-0.2, -0.15) is 0 Å². The molecule has 2 rings (SSSR count). The third-order valence-corrected chi connectivity index (χ3v) is 3.82. The van der Waals surface area contributed by atoms with Gasteiger partial charge in [0.25, 0.3) is 0 Å². The first-order valence-electron chi connectivity index (χ1n) is 7.40. The summed E-state index contributed by atoms with van der Waals surface area (Å²) in [5, 5.41) is 0. The van der Waals surface area contributed by atoms with Gasteiger partial charge in [0, 0.05) is 19.7 Å². The van der Waals surface area contributed by atoms with Crippen LogP contribution in [0.25, 0.3) is 0 Å². The SMILES string of the molecule is COc1cc(CCCCC(=O)c2cccn2C)ccc1C. The van der Waals surface area contributed by atoms with Gasteiger partial charge >= 0.3 is 0 Å². The summed E-state index contributed by atoms with van der Waals surface area (Å²) in [6.07, 6.45) is 5.44.